The van der Waals surface area contributed by atoms with Gasteiger partial charge in [0.25, 0.3) is 5.91 Å². The molecule has 4 aliphatic rings. The first-order valence-corrected chi connectivity index (χ1v) is 9.76. The number of halogens is 1. The Bertz CT molecular complexity index is 596. The Morgan fingerprint density at radius 3 is 2.19 bits per heavy atom. The first kappa shape index (κ1) is 19.5. The maximum Gasteiger partial charge on any atom is 0.255 e. The van der Waals surface area contributed by atoms with Gasteiger partial charge >= 0.3 is 0 Å². The monoisotopic (exact) mass is 378 g/mol. The molecule has 5 heteroatoms. The first-order valence-electron chi connectivity index (χ1n) is 9.76. The summed E-state index contributed by atoms with van der Waals surface area (Å²) in [6.07, 6.45) is 8.81. The Morgan fingerprint density at radius 2 is 1.69 bits per heavy atom. The third-order valence-electron chi connectivity index (χ3n) is 6.92. The minimum atomic E-state index is -0.449. The summed E-state index contributed by atoms with van der Waals surface area (Å²) < 4.78 is 5.32. The van der Waals surface area contributed by atoms with E-state index in [1.165, 1.54) is 44.1 Å². The van der Waals surface area contributed by atoms with Gasteiger partial charge in [-0.1, -0.05) is 12.1 Å². The summed E-state index contributed by atoms with van der Waals surface area (Å²) in [4.78, 5) is 10.8. The molecule has 26 heavy (non-hydrogen) atoms. The van der Waals surface area contributed by atoms with Crippen molar-refractivity contribution in [3.05, 3.63) is 29.8 Å². The Morgan fingerprint density at radius 1 is 1.15 bits per heavy atom. The number of ether oxygens (including phenoxy) is 1. The normalized spacial score (nSPS) is 32.7. The van der Waals surface area contributed by atoms with Crippen molar-refractivity contribution in [3.63, 3.8) is 0 Å². The van der Waals surface area contributed by atoms with Gasteiger partial charge in [-0.05, 0) is 86.3 Å². The van der Waals surface area contributed by atoms with Crippen LogP contribution in [0.15, 0.2) is 24.3 Å². The van der Waals surface area contributed by atoms with Crippen LogP contribution in [-0.4, -0.2) is 18.6 Å². The number of hydrogen-bond donors (Lipinski definition) is 2. The number of benzene rings is 1. The summed E-state index contributed by atoms with van der Waals surface area (Å²) in [6.45, 7) is 3.22. The van der Waals surface area contributed by atoms with E-state index in [1.54, 1.807) is 0 Å². The molecular formula is C21H31ClN2O2. The van der Waals surface area contributed by atoms with Crippen molar-refractivity contribution in [2.24, 2.45) is 28.9 Å². The molecule has 4 saturated carbocycles. The predicted octanol–water partition coefficient (Wildman–Crippen LogP) is 3.67. The molecule has 5 rings (SSSR count). The molecule has 4 bridgehead atoms. The molecule has 0 heterocycles. The second kappa shape index (κ2) is 7.77. The number of amides is 1. The molecule has 144 valence electrons. The van der Waals surface area contributed by atoms with Gasteiger partial charge in [-0.25, -0.2) is 0 Å². The van der Waals surface area contributed by atoms with Gasteiger partial charge in [0.2, 0.25) is 0 Å². The maximum absolute atomic E-state index is 10.8. The number of carbonyl (C=O) groups is 1. The molecule has 0 saturated heterocycles. The predicted molar refractivity (Wildman–Crippen MR) is 105 cm³/mol. The average Bonchev–Trinajstić information content (AvgIpc) is 2.57. The van der Waals surface area contributed by atoms with Crippen LogP contribution in [0.1, 0.15) is 51.0 Å². The fourth-order valence-corrected chi connectivity index (χ4v) is 6.05. The summed E-state index contributed by atoms with van der Waals surface area (Å²) in [5, 5.41) is 3.81. The molecule has 0 aromatic heterocycles. The van der Waals surface area contributed by atoms with Gasteiger partial charge in [0.05, 0.1) is 0 Å². The summed E-state index contributed by atoms with van der Waals surface area (Å²) in [5.74, 6) is 3.23. The highest BCUT2D eigenvalue weighted by Crippen LogP contribution is 2.61. The number of nitrogens with two attached hydrogens (primary N) is 1. The van der Waals surface area contributed by atoms with Crippen LogP contribution in [0.5, 0.6) is 5.75 Å². The van der Waals surface area contributed by atoms with E-state index in [4.69, 9.17) is 10.5 Å². The Balaban J connectivity index is 0.00000196. The van der Waals surface area contributed by atoms with E-state index < -0.39 is 5.91 Å². The molecule has 1 aromatic carbocycles. The number of nitrogens with one attached hydrogen (secondary N) is 1. The van der Waals surface area contributed by atoms with Crippen LogP contribution in [0.4, 0.5) is 0 Å². The zero-order valence-corrected chi connectivity index (χ0v) is 16.4. The molecule has 1 unspecified atom stereocenters. The smallest absolute Gasteiger partial charge is 0.255 e. The highest BCUT2D eigenvalue weighted by Gasteiger charge is 2.52. The second-order valence-corrected chi connectivity index (χ2v) is 8.78. The van der Waals surface area contributed by atoms with Gasteiger partial charge in [-0.15, -0.1) is 12.4 Å². The van der Waals surface area contributed by atoms with Gasteiger partial charge in [-0.3, -0.25) is 4.79 Å². The van der Waals surface area contributed by atoms with E-state index in [-0.39, 0.29) is 19.0 Å². The molecule has 1 aromatic rings. The Kier molecular flexibility index (Phi) is 5.83. The van der Waals surface area contributed by atoms with E-state index in [0.29, 0.717) is 17.2 Å². The topological polar surface area (TPSA) is 64.3 Å². The number of primary amides is 1. The van der Waals surface area contributed by atoms with E-state index in [9.17, 15) is 4.79 Å². The van der Waals surface area contributed by atoms with Crippen molar-refractivity contribution >= 4 is 18.3 Å². The van der Waals surface area contributed by atoms with E-state index >= 15 is 0 Å². The van der Waals surface area contributed by atoms with Crippen molar-refractivity contribution in [1.82, 2.24) is 5.32 Å². The van der Waals surface area contributed by atoms with Crippen molar-refractivity contribution in [2.45, 2.75) is 58.0 Å². The zero-order valence-electron chi connectivity index (χ0n) is 15.6. The van der Waals surface area contributed by atoms with Gasteiger partial charge in [0.15, 0.2) is 6.61 Å². The first-order chi connectivity index (χ1) is 12.0. The van der Waals surface area contributed by atoms with Crippen LogP contribution in [0.2, 0.25) is 0 Å². The highest BCUT2D eigenvalue weighted by molar-refractivity contribution is 5.85. The Labute approximate surface area is 162 Å². The van der Waals surface area contributed by atoms with Crippen molar-refractivity contribution in [1.29, 1.82) is 0 Å². The van der Waals surface area contributed by atoms with Gasteiger partial charge < -0.3 is 15.8 Å². The number of rotatable bonds is 7. The highest BCUT2D eigenvalue weighted by atomic mass is 35.5. The molecule has 0 aliphatic heterocycles. The lowest BCUT2D eigenvalue weighted by Crippen LogP contribution is -2.54. The van der Waals surface area contributed by atoms with Gasteiger partial charge in [-0.2, -0.15) is 0 Å². The number of hydrogen-bond acceptors (Lipinski definition) is 3. The summed E-state index contributed by atoms with van der Waals surface area (Å²) in [7, 11) is 0. The second-order valence-electron chi connectivity index (χ2n) is 8.78. The maximum atomic E-state index is 10.8. The largest absolute Gasteiger partial charge is 0.484 e. The van der Waals surface area contributed by atoms with E-state index in [1.807, 2.05) is 12.1 Å². The minimum Gasteiger partial charge on any atom is -0.484 e. The van der Waals surface area contributed by atoms with Crippen molar-refractivity contribution in [3.8, 4) is 5.75 Å². The molecular weight excluding hydrogens is 348 g/mol. The summed E-state index contributed by atoms with van der Waals surface area (Å²) in [6, 6.07) is 8.53. The van der Waals surface area contributed by atoms with Crippen LogP contribution in [-0.2, 0) is 11.3 Å². The SMILES string of the molecule is CC(NCc1ccc(OCC(N)=O)cc1)C12CC3CC(CC(C3)C1)C2.Cl. The van der Waals surface area contributed by atoms with Gasteiger partial charge in [0, 0.05) is 12.6 Å². The fourth-order valence-electron chi connectivity index (χ4n) is 6.05. The Hall–Kier alpha value is -1.26. The third-order valence-corrected chi connectivity index (χ3v) is 6.92. The van der Waals surface area contributed by atoms with Crippen LogP contribution < -0.4 is 15.8 Å². The van der Waals surface area contributed by atoms with Crippen LogP contribution >= 0.6 is 12.4 Å². The van der Waals surface area contributed by atoms with E-state index in [2.05, 4.69) is 24.4 Å². The standard InChI is InChI=1S/C21H30N2O2.ClH/c1-14(21-9-16-6-17(10-21)8-18(7-16)11-21)23-12-15-2-4-19(5-3-15)25-13-20(22)24;/h2-5,14,16-18,23H,6-13H2,1H3,(H2,22,24);1H. The van der Waals surface area contributed by atoms with Crippen LogP contribution in [0.3, 0.4) is 0 Å². The average molecular weight is 379 g/mol. The number of carbonyl (C=O) groups excluding carboxylic acids is 1. The zero-order chi connectivity index (χ0) is 17.4. The van der Waals surface area contributed by atoms with Crippen LogP contribution in [0.25, 0.3) is 0 Å². The quantitative estimate of drug-likeness (QED) is 0.760. The summed E-state index contributed by atoms with van der Waals surface area (Å²) >= 11 is 0. The lowest BCUT2D eigenvalue weighted by Gasteiger charge is -2.59. The van der Waals surface area contributed by atoms with E-state index in [0.717, 1.165) is 24.3 Å². The molecule has 4 nitrogen and oxygen atoms in total. The lowest BCUT2D eigenvalue weighted by molar-refractivity contribution is -0.119. The molecule has 0 radical (unpaired) electrons. The molecule has 4 aliphatic carbocycles. The molecule has 4 fully saturated rings. The molecule has 0 spiro atoms. The van der Waals surface area contributed by atoms with Gasteiger partial charge in [0.1, 0.15) is 5.75 Å². The van der Waals surface area contributed by atoms with Crippen molar-refractivity contribution < 1.29 is 9.53 Å². The lowest BCUT2D eigenvalue weighted by atomic mass is 9.48. The minimum absolute atomic E-state index is 0. The summed E-state index contributed by atoms with van der Waals surface area (Å²) in [5.41, 5.74) is 6.89. The third kappa shape index (κ3) is 4.01. The molecule has 1 amide bonds. The van der Waals surface area contributed by atoms with Crippen molar-refractivity contribution in [2.75, 3.05) is 6.61 Å². The molecule has 1 atom stereocenters. The molecule has 3 N–H and O–H groups in total. The van der Waals surface area contributed by atoms with Crippen LogP contribution in [0, 0.1) is 23.2 Å². The fraction of sp³-hybridized carbons (Fsp3) is 0.667.